The van der Waals surface area contributed by atoms with Gasteiger partial charge in [-0.25, -0.2) is 0 Å². The lowest BCUT2D eigenvalue weighted by molar-refractivity contribution is 0.109. The maximum absolute atomic E-state index is 5.55. The summed E-state index contributed by atoms with van der Waals surface area (Å²) in [5.41, 5.74) is 2.14. The molecule has 0 aromatic carbocycles. The molecule has 1 aliphatic rings. The van der Waals surface area contributed by atoms with Crippen LogP contribution >= 0.6 is 0 Å². The molecule has 0 heterocycles. The van der Waals surface area contributed by atoms with E-state index in [9.17, 15) is 0 Å². The van der Waals surface area contributed by atoms with Crippen LogP contribution in [0.15, 0.2) is 11.3 Å². The van der Waals surface area contributed by atoms with Crippen molar-refractivity contribution in [3.05, 3.63) is 11.3 Å². The first-order valence-corrected chi connectivity index (χ1v) is 5.89. The van der Waals surface area contributed by atoms with Crippen molar-refractivity contribution in [3.63, 3.8) is 0 Å². The Morgan fingerprint density at radius 1 is 1.23 bits per heavy atom. The van der Waals surface area contributed by atoms with Gasteiger partial charge in [-0.2, -0.15) is 0 Å². The highest BCUT2D eigenvalue weighted by molar-refractivity contribution is 5.98. The highest BCUT2D eigenvalue weighted by Crippen LogP contribution is 2.52. The van der Waals surface area contributed by atoms with Gasteiger partial charge < -0.3 is 4.43 Å². The van der Waals surface area contributed by atoms with Crippen LogP contribution in [0.1, 0.15) is 47.5 Å². The van der Waals surface area contributed by atoms with Crippen molar-refractivity contribution in [2.45, 2.75) is 47.5 Å². The van der Waals surface area contributed by atoms with Crippen LogP contribution in [0.3, 0.4) is 0 Å². The fourth-order valence-corrected chi connectivity index (χ4v) is 2.55. The van der Waals surface area contributed by atoms with E-state index < -0.39 is 0 Å². The van der Waals surface area contributed by atoms with Crippen LogP contribution in [0.2, 0.25) is 0 Å². The lowest BCUT2D eigenvalue weighted by Gasteiger charge is -2.47. The second kappa shape index (κ2) is 3.16. The van der Waals surface area contributed by atoms with Gasteiger partial charge in [-0.05, 0) is 29.7 Å². The van der Waals surface area contributed by atoms with Crippen molar-refractivity contribution in [2.75, 3.05) is 0 Å². The Morgan fingerprint density at radius 2 is 1.77 bits per heavy atom. The first-order chi connectivity index (χ1) is 5.83. The molecule has 0 spiro atoms. The highest BCUT2D eigenvalue weighted by atomic mass is 28.2. The minimum atomic E-state index is 0.283. The first kappa shape index (κ1) is 10.8. The number of rotatable bonds is 1. The molecule has 0 amide bonds. The van der Waals surface area contributed by atoms with Gasteiger partial charge in [0.2, 0.25) is 10.5 Å². The maximum Gasteiger partial charge on any atom is 0.203 e. The average Bonchev–Trinajstić information content (AvgIpc) is 2.02. The van der Waals surface area contributed by atoms with Gasteiger partial charge >= 0.3 is 0 Å². The summed E-state index contributed by atoms with van der Waals surface area (Å²) in [7, 11) is 0.824. The average molecular weight is 198 g/mol. The zero-order valence-corrected chi connectivity index (χ0v) is 11.8. The molecule has 0 atom stereocenters. The fourth-order valence-electron chi connectivity index (χ4n) is 2.04. The fraction of sp³-hybridized carbons (Fsp3) is 0.818. The van der Waals surface area contributed by atoms with Gasteiger partial charge in [0.1, 0.15) is 0 Å². The molecular weight excluding hydrogens is 176 g/mol. The molecule has 1 nitrogen and oxygen atoms in total. The van der Waals surface area contributed by atoms with E-state index in [0.717, 1.165) is 16.9 Å². The summed E-state index contributed by atoms with van der Waals surface area (Å²) in [5.74, 6) is 1.26. The number of hydrogen-bond acceptors (Lipinski definition) is 1. The highest BCUT2D eigenvalue weighted by Gasteiger charge is 2.42. The van der Waals surface area contributed by atoms with E-state index in [0.29, 0.717) is 5.41 Å². The lowest BCUT2D eigenvalue weighted by atomic mass is 9.59. The third kappa shape index (κ3) is 1.56. The van der Waals surface area contributed by atoms with Gasteiger partial charge in [0, 0.05) is 6.42 Å². The molecule has 1 aliphatic carbocycles. The zero-order valence-electron chi connectivity index (χ0n) is 9.82. The minimum absolute atomic E-state index is 0.283. The van der Waals surface area contributed by atoms with Crippen molar-refractivity contribution in [2.24, 2.45) is 10.8 Å². The molecule has 0 bridgehead atoms. The molecule has 0 aliphatic heterocycles. The van der Waals surface area contributed by atoms with Crippen LogP contribution in [0.4, 0.5) is 0 Å². The number of hydrogen-bond donors (Lipinski definition) is 0. The standard InChI is InChI=1S/C11H22OSi/c1-8-9(12-13)6-7-10(2,3)11(8,4)5/h6-7H2,1-5,13H3. The summed E-state index contributed by atoms with van der Waals surface area (Å²) in [6.07, 6.45) is 2.38. The predicted octanol–water partition coefficient (Wildman–Crippen LogP) is 2.40. The lowest BCUT2D eigenvalue weighted by Crippen LogP contribution is -2.37. The summed E-state index contributed by atoms with van der Waals surface area (Å²) in [6, 6.07) is 0. The van der Waals surface area contributed by atoms with Gasteiger partial charge in [-0.15, -0.1) is 0 Å². The topological polar surface area (TPSA) is 9.23 Å². The smallest absolute Gasteiger partial charge is 0.203 e. The largest absolute Gasteiger partial charge is 0.556 e. The Kier molecular flexibility index (Phi) is 2.63. The van der Waals surface area contributed by atoms with Crippen molar-refractivity contribution >= 4 is 10.5 Å². The molecule has 0 radical (unpaired) electrons. The van der Waals surface area contributed by atoms with E-state index >= 15 is 0 Å². The first-order valence-electron chi connectivity index (χ1n) is 5.07. The molecule has 0 aromatic rings. The van der Waals surface area contributed by atoms with E-state index in [-0.39, 0.29) is 5.41 Å². The Hall–Kier alpha value is -0.243. The van der Waals surface area contributed by atoms with Gasteiger partial charge in [0.05, 0.1) is 5.76 Å². The second-order valence-corrected chi connectivity index (χ2v) is 5.67. The molecule has 0 saturated heterocycles. The summed E-state index contributed by atoms with van der Waals surface area (Å²) in [6.45, 7) is 11.6. The van der Waals surface area contributed by atoms with Crippen LogP contribution in [0.5, 0.6) is 0 Å². The van der Waals surface area contributed by atoms with E-state index in [1.807, 2.05) is 0 Å². The summed E-state index contributed by atoms with van der Waals surface area (Å²) >= 11 is 0. The van der Waals surface area contributed by atoms with Crippen LogP contribution < -0.4 is 0 Å². The molecule has 0 saturated carbocycles. The Bertz CT molecular complexity index is 238. The summed E-state index contributed by atoms with van der Waals surface area (Å²) in [4.78, 5) is 0. The quantitative estimate of drug-likeness (QED) is 0.588. The predicted molar refractivity (Wildman–Crippen MR) is 60.5 cm³/mol. The molecule has 1 rings (SSSR count). The van der Waals surface area contributed by atoms with Crippen molar-refractivity contribution in [1.82, 2.24) is 0 Å². The van der Waals surface area contributed by atoms with E-state index in [4.69, 9.17) is 4.43 Å². The molecule has 0 fully saturated rings. The van der Waals surface area contributed by atoms with Gasteiger partial charge in [-0.1, -0.05) is 27.7 Å². The molecule has 0 N–H and O–H groups in total. The van der Waals surface area contributed by atoms with E-state index in [1.165, 1.54) is 17.8 Å². The van der Waals surface area contributed by atoms with E-state index in [1.54, 1.807) is 0 Å². The molecule has 0 aromatic heterocycles. The van der Waals surface area contributed by atoms with E-state index in [2.05, 4.69) is 34.6 Å². The molecule has 76 valence electrons. The van der Waals surface area contributed by atoms with Crippen molar-refractivity contribution < 1.29 is 4.43 Å². The van der Waals surface area contributed by atoms with Crippen LogP contribution in [0, 0.1) is 10.8 Å². The molecule has 13 heavy (non-hydrogen) atoms. The van der Waals surface area contributed by atoms with Gasteiger partial charge in [0.15, 0.2) is 0 Å². The Morgan fingerprint density at radius 3 is 2.23 bits per heavy atom. The Balaban J connectivity index is 3.11. The third-order valence-corrected chi connectivity index (χ3v) is 4.76. The van der Waals surface area contributed by atoms with Gasteiger partial charge in [0.25, 0.3) is 0 Å². The van der Waals surface area contributed by atoms with Crippen molar-refractivity contribution in [1.29, 1.82) is 0 Å². The molecular formula is C11H22OSi. The number of allylic oxidation sites excluding steroid dienone is 2. The van der Waals surface area contributed by atoms with Crippen molar-refractivity contribution in [3.8, 4) is 0 Å². The molecule has 0 unspecified atom stereocenters. The monoisotopic (exact) mass is 198 g/mol. The van der Waals surface area contributed by atoms with Crippen LogP contribution in [-0.4, -0.2) is 10.5 Å². The summed E-state index contributed by atoms with van der Waals surface area (Å²) < 4.78 is 5.55. The van der Waals surface area contributed by atoms with Gasteiger partial charge in [-0.3, -0.25) is 0 Å². The maximum atomic E-state index is 5.55. The normalized spacial score (nSPS) is 26.2. The summed E-state index contributed by atoms with van der Waals surface area (Å²) in [5, 5.41) is 0. The molecule has 2 heteroatoms. The van der Waals surface area contributed by atoms with Crippen LogP contribution in [0.25, 0.3) is 0 Å². The zero-order chi connectivity index (χ0) is 10.3. The third-order valence-electron chi connectivity index (χ3n) is 4.27. The SMILES string of the molecule is CC1=C(O[SiH3])CCC(C)(C)C1(C)C. The van der Waals surface area contributed by atoms with Crippen LogP contribution in [-0.2, 0) is 4.43 Å². The second-order valence-electron chi connectivity index (χ2n) is 5.26. The minimum Gasteiger partial charge on any atom is -0.556 e. The Labute approximate surface area is 85.1 Å².